The summed E-state index contributed by atoms with van der Waals surface area (Å²) in [5, 5.41) is 10.0. The summed E-state index contributed by atoms with van der Waals surface area (Å²) in [5.41, 5.74) is 1.95. The number of carbonyl (C=O) groups excluding carboxylic acids is 2. The summed E-state index contributed by atoms with van der Waals surface area (Å²) in [7, 11) is 0. The van der Waals surface area contributed by atoms with Crippen LogP contribution in [0.3, 0.4) is 0 Å². The monoisotopic (exact) mass is 466 g/mol. The van der Waals surface area contributed by atoms with E-state index in [9.17, 15) is 14.7 Å². The number of carbonyl (C=O) groups is 2. The van der Waals surface area contributed by atoms with Gasteiger partial charge in [-0.25, -0.2) is 0 Å². The predicted molar refractivity (Wildman–Crippen MR) is 138 cm³/mol. The molecule has 0 aromatic carbocycles. The quantitative estimate of drug-likeness (QED) is 0.205. The lowest BCUT2D eigenvalue weighted by Crippen LogP contribution is -2.33. The standard InChI is InChI=1S/C14H26O3.C14H24O2/c1-9(2)7-12(15)13(11(5)6)14(16)17-8-10(3)4;1-10(2)7-8-13(12(5)6)14(15)16-9-11(3)4/h7,10-13,15H,8H2,1-6H3;7-8,11-13H,1,9H2,2-6H3/b;8-7+. The summed E-state index contributed by atoms with van der Waals surface area (Å²) in [6.45, 7) is 26.3. The summed E-state index contributed by atoms with van der Waals surface area (Å²) in [6.07, 6.45) is 4.71. The van der Waals surface area contributed by atoms with Crippen LogP contribution in [0.5, 0.6) is 0 Å². The van der Waals surface area contributed by atoms with Crippen LogP contribution in [0.25, 0.3) is 0 Å². The molecule has 33 heavy (non-hydrogen) atoms. The van der Waals surface area contributed by atoms with Crippen molar-refractivity contribution < 1.29 is 24.2 Å². The molecule has 0 heterocycles. The molecule has 0 aliphatic heterocycles. The number of aliphatic hydroxyl groups is 1. The van der Waals surface area contributed by atoms with Crippen LogP contribution in [0.1, 0.15) is 76.2 Å². The highest BCUT2D eigenvalue weighted by Crippen LogP contribution is 2.20. The SMILES string of the molecule is C=C(C)/C=C/C(C(=O)OCC(C)C)C(C)C.CC(C)=CC(O)C(C(=O)OCC(C)C)C(C)C. The van der Waals surface area contributed by atoms with E-state index in [1.165, 1.54) is 0 Å². The zero-order valence-electron chi connectivity index (χ0n) is 23.0. The third kappa shape index (κ3) is 17.3. The van der Waals surface area contributed by atoms with Gasteiger partial charge in [-0.1, -0.05) is 91.3 Å². The van der Waals surface area contributed by atoms with Gasteiger partial charge < -0.3 is 14.6 Å². The molecule has 0 aromatic heterocycles. The second kappa shape index (κ2) is 17.6. The van der Waals surface area contributed by atoms with Gasteiger partial charge in [0.25, 0.3) is 0 Å². The fourth-order valence-corrected chi connectivity index (χ4v) is 2.78. The van der Waals surface area contributed by atoms with Gasteiger partial charge in [-0.15, -0.1) is 0 Å². The third-order valence-corrected chi connectivity index (χ3v) is 4.56. The van der Waals surface area contributed by atoms with Crippen molar-refractivity contribution in [2.45, 2.75) is 82.3 Å². The molecular formula is C28H50O5. The smallest absolute Gasteiger partial charge is 0.313 e. The van der Waals surface area contributed by atoms with E-state index in [4.69, 9.17) is 9.47 Å². The Morgan fingerprint density at radius 1 is 0.818 bits per heavy atom. The molecule has 0 bridgehead atoms. The van der Waals surface area contributed by atoms with E-state index in [1.54, 1.807) is 6.08 Å². The van der Waals surface area contributed by atoms with Crippen molar-refractivity contribution in [1.29, 1.82) is 0 Å². The van der Waals surface area contributed by atoms with Gasteiger partial charge in [0.15, 0.2) is 0 Å². The van der Waals surface area contributed by atoms with Gasteiger partial charge in [-0.2, -0.15) is 0 Å². The van der Waals surface area contributed by atoms with Crippen LogP contribution in [0, 0.1) is 35.5 Å². The zero-order chi connectivity index (χ0) is 26.3. The summed E-state index contributed by atoms with van der Waals surface area (Å²) in [4.78, 5) is 23.7. The molecular weight excluding hydrogens is 416 g/mol. The molecule has 0 saturated carbocycles. The predicted octanol–water partition coefficient (Wildman–Crippen LogP) is 6.38. The Morgan fingerprint density at radius 3 is 1.61 bits per heavy atom. The van der Waals surface area contributed by atoms with Crippen LogP contribution in [0.4, 0.5) is 0 Å². The van der Waals surface area contributed by atoms with Crippen molar-refractivity contribution in [3.8, 4) is 0 Å². The van der Waals surface area contributed by atoms with Gasteiger partial charge in [0, 0.05) is 0 Å². The van der Waals surface area contributed by atoms with Gasteiger partial charge >= 0.3 is 11.9 Å². The Labute approximate surface area is 203 Å². The van der Waals surface area contributed by atoms with Crippen molar-refractivity contribution in [1.82, 2.24) is 0 Å². The molecule has 0 spiro atoms. The van der Waals surface area contributed by atoms with E-state index in [0.717, 1.165) is 11.1 Å². The van der Waals surface area contributed by atoms with Crippen LogP contribution < -0.4 is 0 Å². The fraction of sp³-hybridized carbons (Fsp3) is 0.714. The molecule has 192 valence electrons. The maximum atomic E-state index is 11.9. The lowest BCUT2D eigenvalue weighted by molar-refractivity contribution is -0.154. The minimum Gasteiger partial charge on any atom is -0.465 e. The highest BCUT2D eigenvalue weighted by molar-refractivity contribution is 5.75. The molecule has 0 rings (SSSR count). The summed E-state index contributed by atoms with van der Waals surface area (Å²) < 4.78 is 10.4. The van der Waals surface area contributed by atoms with E-state index in [1.807, 2.05) is 88.3 Å². The van der Waals surface area contributed by atoms with E-state index < -0.39 is 12.0 Å². The number of hydrogen-bond donors (Lipinski definition) is 1. The fourth-order valence-electron chi connectivity index (χ4n) is 2.78. The molecule has 0 aliphatic rings. The number of ether oxygens (including phenoxy) is 2. The van der Waals surface area contributed by atoms with E-state index >= 15 is 0 Å². The van der Waals surface area contributed by atoms with Gasteiger partial charge in [-0.05, 0) is 44.4 Å². The van der Waals surface area contributed by atoms with Crippen molar-refractivity contribution in [2.75, 3.05) is 13.2 Å². The largest absolute Gasteiger partial charge is 0.465 e. The summed E-state index contributed by atoms with van der Waals surface area (Å²) in [6, 6.07) is 0. The first-order chi connectivity index (χ1) is 15.1. The molecule has 3 unspecified atom stereocenters. The Balaban J connectivity index is 0. The van der Waals surface area contributed by atoms with E-state index in [0.29, 0.717) is 25.0 Å². The molecule has 0 aliphatic carbocycles. The Kier molecular flexibility index (Phi) is 17.7. The average Bonchev–Trinajstić information content (AvgIpc) is 2.63. The molecule has 1 N–H and O–H groups in total. The van der Waals surface area contributed by atoms with Crippen molar-refractivity contribution in [3.05, 3.63) is 36.0 Å². The first-order valence-corrected chi connectivity index (χ1v) is 12.1. The number of esters is 2. The van der Waals surface area contributed by atoms with E-state index in [2.05, 4.69) is 6.58 Å². The second-order valence-electron chi connectivity index (χ2n) is 10.5. The van der Waals surface area contributed by atoms with Crippen LogP contribution in [0.2, 0.25) is 0 Å². The topological polar surface area (TPSA) is 72.8 Å². The maximum absolute atomic E-state index is 11.9. The van der Waals surface area contributed by atoms with Crippen LogP contribution in [0.15, 0.2) is 36.0 Å². The molecule has 0 amide bonds. The van der Waals surface area contributed by atoms with Gasteiger partial charge in [-0.3, -0.25) is 9.59 Å². The number of hydrogen-bond acceptors (Lipinski definition) is 5. The number of rotatable bonds is 12. The minimum atomic E-state index is -0.764. The van der Waals surface area contributed by atoms with E-state index in [-0.39, 0.29) is 29.7 Å². The molecule has 5 nitrogen and oxygen atoms in total. The summed E-state index contributed by atoms with van der Waals surface area (Å²) in [5.74, 6) is -0.108. The lowest BCUT2D eigenvalue weighted by atomic mass is 9.89. The molecule has 0 aromatic rings. The lowest BCUT2D eigenvalue weighted by Gasteiger charge is -2.23. The van der Waals surface area contributed by atoms with Crippen LogP contribution in [-0.2, 0) is 19.1 Å². The first kappa shape index (κ1) is 33.3. The summed E-state index contributed by atoms with van der Waals surface area (Å²) >= 11 is 0. The number of allylic oxidation sites excluding steroid dienone is 3. The first-order valence-electron chi connectivity index (χ1n) is 12.1. The highest BCUT2D eigenvalue weighted by Gasteiger charge is 2.30. The third-order valence-electron chi connectivity index (χ3n) is 4.56. The minimum absolute atomic E-state index is 0.0558. The molecule has 0 saturated heterocycles. The van der Waals surface area contributed by atoms with Crippen LogP contribution in [-0.4, -0.2) is 36.4 Å². The average molecular weight is 467 g/mol. The van der Waals surface area contributed by atoms with Crippen LogP contribution >= 0.6 is 0 Å². The second-order valence-corrected chi connectivity index (χ2v) is 10.5. The van der Waals surface area contributed by atoms with Crippen molar-refractivity contribution in [3.63, 3.8) is 0 Å². The maximum Gasteiger partial charge on any atom is 0.313 e. The Bertz CT molecular complexity index is 637. The molecule has 5 heteroatoms. The van der Waals surface area contributed by atoms with Gasteiger partial charge in [0.2, 0.25) is 0 Å². The van der Waals surface area contributed by atoms with Gasteiger partial charge in [0.1, 0.15) is 0 Å². The van der Waals surface area contributed by atoms with Crippen molar-refractivity contribution >= 4 is 11.9 Å². The Hall–Kier alpha value is -1.88. The molecule has 0 radical (unpaired) electrons. The van der Waals surface area contributed by atoms with Gasteiger partial charge in [0.05, 0.1) is 31.2 Å². The number of aliphatic hydroxyl groups excluding tert-OH is 1. The van der Waals surface area contributed by atoms with Crippen molar-refractivity contribution in [2.24, 2.45) is 35.5 Å². The normalized spacial score (nSPS) is 14.1. The molecule has 3 atom stereocenters. The highest BCUT2D eigenvalue weighted by atomic mass is 16.5. The molecule has 0 fully saturated rings. The zero-order valence-corrected chi connectivity index (χ0v) is 23.0. The Morgan fingerprint density at radius 2 is 1.27 bits per heavy atom.